The second kappa shape index (κ2) is 6.77. The molecule has 23 heavy (non-hydrogen) atoms. The van der Waals surface area contributed by atoms with E-state index in [1.54, 1.807) is 11.0 Å². The monoisotopic (exact) mass is 311 g/mol. The molecule has 0 spiro atoms. The van der Waals surface area contributed by atoms with Crippen molar-refractivity contribution in [3.8, 4) is 11.6 Å². The molecular weight excluding hydrogens is 290 g/mol. The van der Waals surface area contributed by atoms with Gasteiger partial charge in [-0.2, -0.15) is 5.10 Å². The summed E-state index contributed by atoms with van der Waals surface area (Å²) in [4.78, 5) is 14.7. The normalized spacial score (nSPS) is 13.1. The van der Waals surface area contributed by atoms with Gasteiger partial charge in [0.2, 0.25) is 0 Å². The van der Waals surface area contributed by atoms with Gasteiger partial charge in [-0.1, -0.05) is 32.3 Å². The minimum Gasteiger partial charge on any atom is -0.435 e. The molecule has 5 heteroatoms. The van der Waals surface area contributed by atoms with Crippen LogP contribution < -0.4 is 9.64 Å². The highest BCUT2D eigenvalue weighted by Gasteiger charge is 2.28. The fourth-order valence-electron chi connectivity index (χ4n) is 2.76. The molecule has 0 bridgehead atoms. The van der Waals surface area contributed by atoms with Crippen molar-refractivity contribution in [1.82, 2.24) is 10.2 Å². The second-order valence-corrected chi connectivity index (χ2v) is 5.84. The van der Waals surface area contributed by atoms with Crippen molar-refractivity contribution < 1.29 is 9.53 Å². The summed E-state index contributed by atoms with van der Waals surface area (Å²) in [5.74, 6) is 0.863. The second-order valence-electron chi connectivity index (χ2n) is 5.84. The first-order chi connectivity index (χ1) is 11.2. The van der Waals surface area contributed by atoms with Gasteiger partial charge in [0.15, 0.2) is 5.75 Å². The molecule has 0 saturated carbocycles. The first-order valence-corrected chi connectivity index (χ1v) is 8.12. The standard InChI is InChI=1S/C18H21N3O2/c1-3-4-5-6-11-21-15-8-7-13(2)12-16(15)23-17-14(18(21)22)9-10-19-20-17/h7-10,12H,3-6,11H2,1-2H3. The largest absolute Gasteiger partial charge is 0.435 e. The molecule has 0 N–H and O–H groups in total. The fraction of sp³-hybridized carbons (Fsp3) is 0.389. The van der Waals surface area contributed by atoms with Crippen LogP contribution in [0.5, 0.6) is 11.6 Å². The first kappa shape index (κ1) is 15.5. The Kier molecular flexibility index (Phi) is 4.55. The summed E-state index contributed by atoms with van der Waals surface area (Å²) in [5, 5.41) is 7.82. The minimum absolute atomic E-state index is 0.0750. The third-order valence-corrected chi connectivity index (χ3v) is 4.01. The zero-order valence-electron chi connectivity index (χ0n) is 13.6. The summed E-state index contributed by atoms with van der Waals surface area (Å²) in [6.07, 6.45) is 5.97. The zero-order valence-corrected chi connectivity index (χ0v) is 13.6. The van der Waals surface area contributed by atoms with E-state index in [0.29, 0.717) is 17.9 Å². The molecule has 0 unspecified atom stereocenters. The lowest BCUT2D eigenvalue weighted by molar-refractivity contribution is 0.0986. The highest BCUT2D eigenvalue weighted by molar-refractivity contribution is 6.09. The Morgan fingerprint density at radius 3 is 2.87 bits per heavy atom. The lowest BCUT2D eigenvalue weighted by Gasteiger charge is -2.22. The number of hydrogen-bond acceptors (Lipinski definition) is 4. The molecule has 1 aliphatic heterocycles. The van der Waals surface area contributed by atoms with E-state index < -0.39 is 0 Å². The van der Waals surface area contributed by atoms with Crippen LogP contribution in [-0.4, -0.2) is 22.6 Å². The molecule has 0 atom stereocenters. The van der Waals surface area contributed by atoms with Crippen molar-refractivity contribution in [3.63, 3.8) is 0 Å². The number of anilines is 1. The average Bonchev–Trinajstić information content (AvgIpc) is 2.66. The SMILES string of the molecule is CCCCCCN1C(=O)c2ccnnc2Oc2cc(C)ccc21. The Bertz CT molecular complexity index is 715. The van der Waals surface area contributed by atoms with Gasteiger partial charge < -0.3 is 9.64 Å². The molecule has 120 valence electrons. The zero-order chi connectivity index (χ0) is 16.2. The summed E-state index contributed by atoms with van der Waals surface area (Å²) in [6.45, 7) is 4.86. The number of aryl methyl sites for hydroxylation is 1. The summed E-state index contributed by atoms with van der Waals surface area (Å²) in [5.41, 5.74) is 2.34. The van der Waals surface area contributed by atoms with Gasteiger partial charge in [0, 0.05) is 6.54 Å². The Balaban J connectivity index is 1.98. The van der Waals surface area contributed by atoms with Crippen molar-refractivity contribution in [2.24, 2.45) is 0 Å². The molecule has 1 aliphatic rings. The van der Waals surface area contributed by atoms with E-state index in [-0.39, 0.29) is 11.8 Å². The summed E-state index contributed by atoms with van der Waals surface area (Å²) >= 11 is 0. The van der Waals surface area contributed by atoms with Crippen molar-refractivity contribution in [2.75, 3.05) is 11.4 Å². The number of aromatic nitrogens is 2. The van der Waals surface area contributed by atoms with Crippen LogP contribution in [-0.2, 0) is 0 Å². The molecule has 1 amide bonds. The van der Waals surface area contributed by atoms with Crippen LogP contribution in [0.1, 0.15) is 48.5 Å². The predicted molar refractivity (Wildman–Crippen MR) is 89.1 cm³/mol. The number of ether oxygens (including phenoxy) is 1. The van der Waals surface area contributed by atoms with Crippen molar-refractivity contribution in [3.05, 3.63) is 41.6 Å². The molecule has 2 aromatic rings. The quantitative estimate of drug-likeness (QED) is 0.779. The highest BCUT2D eigenvalue weighted by Crippen LogP contribution is 2.38. The first-order valence-electron chi connectivity index (χ1n) is 8.12. The average molecular weight is 311 g/mol. The van der Waals surface area contributed by atoms with Gasteiger partial charge in [0.25, 0.3) is 11.8 Å². The van der Waals surface area contributed by atoms with Crippen molar-refractivity contribution in [1.29, 1.82) is 0 Å². The smallest absolute Gasteiger partial charge is 0.264 e. The van der Waals surface area contributed by atoms with Gasteiger partial charge in [-0.05, 0) is 37.1 Å². The van der Waals surface area contributed by atoms with Crippen LogP contribution in [0.15, 0.2) is 30.5 Å². The van der Waals surface area contributed by atoms with E-state index in [9.17, 15) is 4.79 Å². The maximum Gasteiger partial charge on any atom is 0.264 e. The maximum absolute atomic E-state index is 12.9. The van der Waals surface area contributed by atoms with Crippen molar-refractivity contribution in [2.45, 2.75) is 39.5 Å². The molecule has 0 aliphatic carbocycles. The molecule has 0 radical (unpaired) electrons. The maximum atomic E-state index is 12.9. The third kappa shape index (κ3) is 3.18. The van der Waals surface area contributed by atoms with Crippen LogP contribution in [0.4, 0.5) is 5.69 Å². The summed E-state index contributed by atoms with van der Waals surface area (Å²) < 4.78 is 5.88. The number of carbonyl (C=O) groups excluding carboxylic acids is 1. The molecule has 0 saturated heterocycles. The highest BCUT2D eigenvalue weighted by atomic mass is 16.5. The van der Waals surface area contributed by atoms with Gasteiger partial charge in [-0.3, -0.25) is 4.79 Å². The van der Waals surface area contributed by atoms with Crippen molar-refractivity contribution >= 4 is 11.6 Å². The number of amides is 1. The number of carbonyl (C=O) groups is 1. The van der Waals surface area contributed by atoms with Gasteiger partial charge in [0.1, 0.15) is 5.56 Å². The summed E-state index contributed by atoms with van der Waals surface area (Å²) in [7, 11) is 0. The van der Waals surface area contributed by atoms with Gasteiger partial charge in [-0.25, -0.2) is 0 Å². The predicted octanol–water partition coefficient (Wildman–Crippen LogP) is 4.12. The number of nitrogens with zero attached hydrogens (tertiary/aromatic N) is 3. The molecule has 3 rings (SSSR count). The molecule has 1 aromatic carbocycles. The number of fused-ring (bicyclic) bond motifs is 2. The van der Waals surface area contributed by atoms with Crippen LogP contribution >= 0.6 is 0 Å². The van der Waals surface area contributed by atoms with E-state index >= 15 is 0 Å². The molecular formula is C18H21N3O2. The van der Waals surface area contributed by atoms with Crippen LogP contribution in [0, 0.1) is 6.92 Å². The molecule has 1 aromatic heterocycles. The fourth-order valence-corrected chi connectivity index (χ4v) is 2.76. The van der Waals surface area contributed by atoms with E-state index in [2.05, 4.69) is 17.1 Å². The number of unbranched alkanes of at least 4 members (excludes halogenated alkanes) is 3. The topological polar surface area (TPSA) is 55.3 Å². The third-order valence-electron chi connectivity index (χ3n) is 4.01. The molecule has 5 nitrogen and oxygen atoms in total. The number of benzene rings is 1. The van der Waals surface area contributed by atoms with E-state index in [1.165, 1.54) is 19.0 Å². The van der Waals surface area contributed by atoms with Crippen LogP contribution in [0.25, 0.3) is 0 Å². The lowest BCUT2D eigenvalue weighted by atomic mass is 10.1. The lowest BCUT2D eigenvalue weighted by Crippen LogP contribution is -2.31. The Labute approximate surface area is 136 Å². The van der Waals surface area contributed by atoms with Gasteiger partial charge in [-0.15, -0.1) is 5.10 Å². The van der Waals surface area contributed by atoms with E-state index in [0.717, 1.165) is 24.1 Å². The molecule has 2 heterocycles. The van der Waals surface area contributed by atoms with Gasteiger partial charge >= 0.3 is 0 Å². The summed E-state index contributed by atoms with van der Waals surface area (Å²) in [6, 6.07) is 7.55. The van der Waals surface area contributed by atoms with Crippen LogP contribution in [0.2, 0.25) is 0 Å². The Morgan fingerprint density at radius 1 is 1.17 bits per heavy atom. The Hall–Kier alpha value is -2.43. The minimum atomic E-state index is -0.0750. The Morgan fingerprint density at radius 2 is 2.04 bits per heavy atom. The van der Waals surface area contributed by atoms with Crippen LogP contribution in [0.3, 0.4) is 0 Å². The number of rotatable bonds is 5. The van der Waals surface area contributed by atoms with E-state index in [4.69, 9.17) is 4.74 Å². The molecule has 0 fully saturated rings. The number of hydrogen-bond donors (Lipinski definition) is 0. The van der Waals surface area contributed by atoms with E-state index in [1.807, 2.05) is 25.1 Å². The van der Waals surface area contributed by atoms with Gasteiger partial charge in [0.05, 0.1) is 11.9 Å².